The number of nitrogens with zero attached hydrogens (tertiary/aromatic N) is 1. The Hall–Kier alpha value is -0.840. The maximum atomic E-state index is 12.0. The molecule has 0 saturated carbocycles. The van der Waals surface area contributed by atoms with Gasteiger partial charge in [0.25, 0.3) is 5.56 Å². The fraction of sp³-hybridized carbons (Fsp3) is 0.286. The number of aromatic nitrogens is 2. The minimum atomic E-state index is -0.252. The van der Waals surface area contributed by atoms with Gasteiger partial charge in [-0.05, 0) is 34.1 Å². The summed E-state index contributed by atoms with van der Waals surface area (Å²) >= 11 is 15.2. The van der Waals surface area contributed by atoms with E-state index in [2.05, 4.69) is 25.9 Å². The lowest BCUT2D eigenvalue weighted by Gasteiger charge is -2.19. The molecular weight excluding hydrogens is 363 g/mol. The predicted octanol–water partition coefficient (Wildman–Crippen LogP) is 4.80. The van der Waals surface area contributed by atoms with Crippen LogP contribution in [-0.2, 0) is 5.41 Å². The van der Waals surface area contributed by atoms with Gasteiger partial charge >= 0.3 is 0 Å². The summed E-state index contributed by atoms with van der Waals surface area (Å²) in [4.78, 5) is 19.3. The van der Waals surface area contributed by atoms with Crippen molar-refractivity contribution in [1.29, 1.82) is 0 Å². The van der Waals surface area contributed by atoms with Crippen molar-refractivity contribution in [2.24, 2.45) is 0 Å². The SMILES string of the molecule is CC(C)(C)c1nc(-c2ccc(Cl)c(Cl)c2)[nH]c(=O)c1Br. The van der Waals surface area contributed by atoms with Crippen LogP contribution in [0.25, 0.3) is 11.4 Å². The summed E-state index contributed by atoms with van der Waals surface area (Å²) in [5.74, 6) is 0.474. The van der Waals surface area contributed by atoms with Gasteiger partial charge < -0.3 is 4.98 Å². The van der Waals surface area contributed by atoms with Gasteiger partial charge in [-0.15, -0.1) is 0 Å². The van der Waals surface area contributed by atoms with Gasteiger partial charge in [0.1, 0.15) is 10.3 Å². The molecular formula is C14H13BrCl2N2O. The largest absolute Gasteiger partial charge is 0.306 e. The fourth-order valence-electron chi connectivity index (χ4n) is 1.74. The van der Waals surface area contributed by atoms with E-state index in [1.54, 1.807) is 18.2 Å². The van der Waals surface area contributed by atoms with Crippen LogP contribution in [0.1, 0.15) is 26.5 Å². The molecule has 1 N–H and O–H groups in total. The summed E-state index contributed by atoms with van der Waals surface area (Å²) in [6.45, 7) is 5.99. The van der Waals surface area contributed by atoms with E-state index < -0.39 is 0 Å². The van der Waals surface area contributed by atoms with Crippen LogP contribution in [-0.4, -0.2) is 9.97 Å². The first-order valence-corrected chi connectivity index (χ1v) is 7.51. The smallest absolute Gasteiger partial charge is 0.265 e. The van der Waals surface area contributed by atoms with E-state index >= 15 is 0 Å². The van der Waals surface area contributed by atoms with Crippen LogP contribution >= 0.6 is 39.1 Å². The van der Waals surface area contributed by atoms with E-state index in [1.165, 1.54) is 0 Å². The molecule has 0 atom stereocenters. The molecule has 0 saturated heterocycles. The molecule has 20 heavy (non-hydrogen) atoms. The topological polar surface area (TPSA) is 45.8 Å². The number of H-pyrrole nitrogens is 1. The second-order valence-corrected chi connectivity index (χ2v) is 7.06. The van der Waals surface area contributed by atoms with Gasteiger partial charge in [0.2, 0.25) is 0 Å². The molecule has 2 rings (SSSR count). The highest BCUT2D eigenvalue weighted by molar-refractivity contribution is 9.10. The molecule has 0 aliphatic heterocycles. The monoisotopic (exact) mass is 374 g/mol. The first kappa shape index (κ1) is 15.5. The van der Waals surface area contributed by atoms with Crippen LogP contribution in [0.15, 0.2) is 27.5 Å². The third-order valence-electron chi connectivity index (χ3n) is 2.77. The third kappa shape index (κ3) is 3.08. The standard InChI is InChI=1S/C14H13BrCl2N2O/c1-14(2,3)11-10(15)13(20)19-12(18-11)7-4-5-8(16)9(17)6-7/h4-6H,1-3H3,(H,18,19,20). The Balaban J connectivity index is 2.67. The Morgan fingerprint density at radius 1 is 1.20 bits per heavy atom. The zero-order valence-corrected chi connectivity index (χ0v) is 14.3. The van der Waals surface area contributed by atoms with Gasteiger partial charge in [-0.1, -0.05) is 44.0 Å². The molecule has 2 aromatic rings. The van der Waals surface area contributed by atoms with E-state index in [0.717, 1.165) is 5.56 Å². The molecule has 1 heterocycles. The van der Waals surface area contributed by atoms with Crippen molar-refractivity contribution in [2.75, 3.05) is 0 Å². The molecule has 0 bridgehead atoms. The van der Waals surface area contributed by atoms with E-state index in [4.69, 9.17) is 23.2 Å². The van der Waals surface area contributed by atoms with Crippen LogP contribution in [0.2, 0.25) is 10.0 Å². The van der Waals surface area contributed by atoms with Crippen molar-refractivity contribution in [2.45, 2.75) is 26.2 Å². The van der Waals surface area contributed by atoms with Crippen LogP contribution in [0.5, 0.6) is 0 Å². The predicted molar refractivity (Wildman–Crippen MR) is 86.7 cm³/mol. The molecule has 0 aliphatic carbocycles. The van der Waals surface area contributed by atoms with Gasteiger partial charge in [-0.2, -0.15) is 0 Å². The minimum absolute atomic E-state index is 0.217. The Morgan fingerprint density at radius 3 is 2.40 bits per heavy atom. The molecule has 0 radical (unpaired) electrons. The lowest BCUT2D eigenvalue weighted by Crippen LogP contribution is -2.22. The van der Waals surface area contributed by atoms with E-state index in [1.807, 2.05) is 20.8 Å². The van der Waals surface area contributed by atoms with Crippen LogP contribution in [0.4, 0.5) is 0 Å². The molecule has 1 aromatic carbocycles. The molecule has 0 spiro atoms. The van der Waals surface area contributed by atoms with Crippen molar-refractivity contribution < 1.29 is 0 Å². The van der Waals surface area contributed by atoms with E-state index in [9.17, 15) is 4.79 Å². The Bertz CT molecular complexity index is 720. The first-order chi connectivity index (χ1) is 9.20. The second-order valence-electron chi connectivity index (χ2n) is 5.46. The number of nitrogens with one attached hydrogen (secondary N) is 1. The maximum absolute atomic E-state index is 12.0. The van der Waals surface area contributed by atoms with Gasteiger partial charge in [-0.25, -0.2) is 4.98 Å². The van der Waals surface area contributed by atoms with E-state index in [-0.39, 0.29) is 11.0 Å². The molecule has 3 nitrogen and oxygen atoms in total. The molecule has 6 heteroatoms. The van der Waals surface area contributed by atoms with Crippen LogP contribution < -0.4 is 5.56 Å². The summed E-state index contributed by atoms with van der Waals surface area (Å²) in [5, 5.41) is 0.887. The highest BCUT2D eigenvalue weighted by Crippen LogP contribution is 2.29. The number of hydrogen-bond donors (Lipinski definition) is 1. The quantitative estimate of drug-likeness (QED) is 0.777. The molecule has 1 aromatic heterocycles. The van der Waals surface area contributed by atoms with E-state index in [0.29, 0.717) is 26.0 Å². The summed E-state index contributed by atoms with van der Waals surface area (Å²) in [5.41, 5.74) is 0.945. The van der Waals surface area contributed by atoms with Gasteiger partial charge in [0.15, 0.2) is 0 Å². The molecule has 0 unspecified atom stereocenters. The van der Waals surface area contributed by atoms with Crippen LogP contribution in [0, 0.1) is 0 Å². The summed E-state index contributed by atoms with van der Waals surface area (Å²) < 4.78 is 0.453. The molecule has 0 amide bonds. The summed E-state index contributed by atoms with van der Waals surface area (Å²) in [6, 6.07) is 5.13. The zero-order valence-electron chi connectivity index (χ0n) is 11.2. The number of benzene rings is 1. The Kier molecular flexibility index (Phi) is 4.28. The molecule has 106 valence electrons. The Labute approximate surface area is 135 Å². The number of halogens is 3. The number of rotatable bonds is 1. The maximum Gasteiger partial charge on any atom is 0.265 e. The highest BCUT2D eigenvalue weighted by atomic mass is 79.9. The van der Waals surface area contributed by atoms with Crippen molar-refractivity contribution >= 4 is 39.1 Å². The van der Waals surface area contributed by atoms with Crippen molar-refractivity contribution in [1.82, 2.24) is 9.97 Å². The highest BCUT2D eigenvalue weighted by Gasteiger charge is 2.22. The zero-order chi connectivity index (χ0) is 15.1. The minimum Gasteiger partial charge on any atom is -0.306 e. The van der Waals surface area contributed by atoms with Crippen LogP contribution in [0.3, 0.4) is 0 Å². The van der Waals surface area contributed by atoms with Crippen molar-refractivity contribution in [3.8, 4) is 11.4 Å². The fourth-order valence-corrected chi connectivity index (χ4v) is 2.82. The van der Waals surface area contributed by atoms with Crippen molar-refractivity contribution in [3.63, 3.8) is 0 Å². The average Bonchev–Trinajstić information content (AvgIpc) is 2.34. The number of aromatic amines is 1. The third-order valence-corrected chi connectivity index (χ3v) is 4.24. The van der Waals surface area contributed by atoms with Gasteiger partial charge in [0.05, 0.1) is 15.7 Å². The lowest BCUT2D eigenvalue weighted by molar-refractivity contribution is 0.562. The average molecular weight is 376 g/mol. The molecule has 0 aliphatic rings. The summed E-state index contributed by atoms with van der Waals surface area (Å²) in [7, 11) is 0. The normalized spacial score (nSPS) is 11.7. The van der Waals surface area contributed by atoms with Gasteiger partial charge in [0, 0.05) is 11.0 Å². The van der Waals surface area contributed by atoms with Gasteiger partial charge in [-0.3, -0.25) is 4.79 Å². The lowest BCUT2D eigenvalue weighted by atomic mass is 9.92. The summed E-state index contributed by atoms with van der Waals surface area (Å²) in [6.07, 6.45) is 0. The van der Waals surface area contributed by atoms with Crippen molar-refractivity contribution in [3.05, 3.63) is 48.8 Å². The first-order valence-electron chi connectivity index (χ1n) is 5.96. The Morgan fingerprint density at radius 2 is 1.85 bits per heavy atom. The molecule has 0 fully saturated rings. The second kappa shape index (κ2) is 5.51. The number of hydrogen-bond acceptors (Lipinski definition) is 2.